The molecule has 1 aliphatic rings. The van der Waals surface area contributed by atoms with Gasteiger partial charge in [0.25, 0.3) is 0 Å². The largest absolute Gasteiger partial charge is 0.495 e. The molecule has 1 amide bonds. The molecule has 0 radical (unpaired) electrons. The Kier molecular flexibility index (Phi) is 6.35. The molecule has 2 aromatic rings. The number of nitrogens with zero attached hydrogens (tertiary/aromatic N) is 2. The van der Waals surface area contributed by atoms with Gasteiger partial charge in [0.05, 0.1) is 12.8 Å². The number of aryl methyl sites for hydroxylation is 2. The molecule has 5 nitrogen and oxygen atoms in total. The van der Waals surface area contributed by atoms with Gasteiger partial charge in [-0.1, -0.05) is 29.8 Å². The number of benzene rings is 2. The molecule has 27 heavy (non-hydrogen) atoms. The number of anilines is 2. The molecule has 1 aliphatic heterocycles. The van der Waals surface area contributed by atoms with Crippen molar-refractivity contribution in [3.8, 4) is 5.75 Å². The smallest absolute Gasteiger partial charge is 0.225 e. The topological polar surface area (TPSA) is 44.8 Å². The number of hydrogen-bond donors (Lipinski definition) is 1. The molecule has 5 heteroatoms. The Balaban J connectivity index is 1.46. The van der Waals surface area contributed by atoms with Crippen LogP contribution in [-0.2, 0) is 4.79 Å². The molecule has 0 bridgehead atoms. The molecule has 3 rings (SSSR count). The van der Waals surface area contributed by atoms with Crippen LogP contribution in [0.25, 0.3) is 0 Å². The summed E-state index contributed by atoms with van der Waals surface area (Å²) in [6.45, 7) is 8.67. The lowest BCUT2D eigenvalue weighted by molar-refractivity contribution is -0.116. The molecule has 1 saturated heterocycles. The third-order valence-corrected chi connectivity index (χ3v) is 5.11. The van der Waals surface area contributed by atoms with Crippen molar-refractivity contribution < 1.29 is 9.53 Å². The normalized spacial score (nSPS) is 14.9. The van der Waals surface area contributed by atoms with E-state index in [2.05, 4.69) is 34.2 Å². The molecule has 0 atom stereocenters. The Morgan fingerprint density at radius 1 is 1.07 bits per heavy atom. The maximum Gasteiger partial charge on any atom is 0.225 e. The van der Waals surface area contributed by atoms with Crippen molar-refractivity contribution in [3.63, 3.8) is 0 Å². The number of nitrogens with one attached hydrogen (secondary N) is 1. The summed E-state index contributed by atoms with van der Waals surface area (Å²) in [5.74, 6) is 0.993. The lowest BCUT2D eigenvalue weighted by Gasteiger charge is -2.36. The van der Waals surface area contributed by atoms with Crippen molar-refractivity contribution in [1.82, 2.24) is 4.90 Å². The second-order valence-corrected chi connectivity index (χ2v) is 7.12. The van der Waals surface area contributed by atoms with Crippen molar-refractivity contribution >= 4 is 17.3 Å². The SMILES string of the molecule is COc1ccccc1N1CCN(CCC(=O)Nc2ccc(C)cc2C)CC1. The minimum atomic E-state index is 0.0779. The second kappa shape index (κ2) is 8.91. The van der Waals surface area contributed by atoms with Gasteiger partial charge in [-0.05, 0) is 37.6 Å². The zero-order valence-electron chi connectivity index (χ0n) is 16.5. The number of carbonyl (C=O) groups is 1. The van der Waals surface area contributed by atoms with E-state index in [1.807, 2.05) is 37.3 Å². The van der Waals surface area contributed by atoms with Gasteiger partial charge in [0.1, 0.15) is 5.75 Å². The molecular weight excluding hydrogens is 338 g/mol. The fraction of sp³-hybridized carbons (Fsp3) is 0.409. The predicted octanol–water partition coefficient (Wildman–Crippen LogP) is 3.46. The van der Waals surface area contributed by atoms with Crippen LogP contribution in [0.15, 0.2) is 42.5 Å². The van der Waals surface area contributed by atoms with Gasteiger partial charge in [-0.3, -0.25) is 9.69 Å². The summed E-state index contributed by atoms with van der Waals surface area (Å²) < 4.78 is 5.47. The summed E-state index contributed by atoms with van der Waals surface area (Å²) >= 11 is 0. The van der Waals surface area contributed by atoms with Gasteiger partial charge in [0.15, 0.2) is 0 Å². The van der Waals surface area contributed by atoms with Gasteiger partial charge in [-0.15, -0.1) is 0 Å². The van der Waals surface area contributed by atoms with Crippen LogP contribution in [0.5, 0.6) is 5.75 Å². The quantitative estimate of drug-likeness (QED) is 0.849. The lowest BCUT2D eigenvalue weighted by atomic mass is 10.1. The number of ether oxygens (including phenoxy) is 1. The van der Waals surface area contributed by atoms with Crippen molar-refractivity contribution in [3.05, 3.63) is 53.6 Å². The summed E-state index contributed by atoms with van der Waals surface area (Å²) in [7, 11) is 1.71. The number of rotatable bonds is 6. The molecule has 144 valence electrons. The maximum atomic E-state index is 12.3. The third-order valence-electron chi connectivity index (χ3n) is 5.11. The summed E-state index contributed by atoms with van der Waals surface area (Å²) in [4.78, 5) is 17.0. The minimum Gasteiger partial charge on any atom is -0.495 e. The van der Waals surface area contributed by atoms with Gasteiger partial charge >= 0.3 is 0 Å². The predicted molar refractivity (Wildman–Crippen MR) is 111 cm³/mol. The third kappa shape index (κ3) is 5.01. The van der Waals surface area contributed by atoms with E-state index in [-0.39, 0.29) is 5.91 Å². The van der Waals surface area contributed by atoms with Crippen LogP contribution in [-0.4, -0.2) is 50.6 Å². The Labute approximate surface area is 161 Å². The Morgan fingerprint density at radius 2 is 1.81 bits per heavy atom. The van der Waals surface area contributed by atoms with Gasteiger partial charge in [0, 0.05) is 44.8 Å². The van der Waals surface area contributed by atoms with Crippen LogP contribution in [0.2, 0.25) is 0 Å². The van der Waals surface area contributed by atoms with Crippen LogP contribution in [0.1, 0.15) is 17.5 Å². The highest BCUT2D eigenvalue weighted by Gasteiger charge is 2.20. The molecule has 0 aliphatic carbocycles. The highest BCUT2D eigenvalue weighted by Crippen LogP contribution is 2.28. The van der Waals surface area contributed by atoms with E-state index < -0.39 is 0 Å². The van der Waals surface area contributed by atoms with Crippen LogP contribution in [0.3, 0.4) is 0 Å². The fourth-order valence-corrected chi connectivity index (χ4v) is 3.53. The first kappa shape index (κ1) is 19.2. The zero-order chi connectivity index (χ0) is 19.2. The zero-order valence-corrected chi connectivity index (χ0v) is 16.5. The van der Waals surface area contributed by atoms with Crippen LogP contribution < -0.4 is 15.0 Å². The first-order chi connectivity index (χ1) is 13.1. The average molecular weight is 367 g/mol. The number of hydrogen-bond acceptors (Lipinski definition) is 4. The number of amides is 1. The highest BCUT2D eigenvalue weighted by atomic mass is 16.5. The molecule has 2 aromatic carbocycles. The Hall–Kier alpha value is -2.53. The van der Waals surface area contributed by atoms with E-state index in [0.29, 0.717) is 6.42 Å². The first-order valence-corrected chi connectivity index (χ1v) is 9.54. The van der Waals surface area contributed by atoms with Crippen molar-refractivity contribution in [2.24, 2.45) is 0 Å². The summed E-state index contributed by atoms with van der Waals surface area (Å²) in [5, 5.41) is 3.03. The van der Waals surface area contributed by atoms with E-state index >= 15 is 0 Å². The Morgan fingerprint density at radius 3 is 2.52 bits per heavy atom. The van der Waals surface area contributed by atoms with E-state index in [9.17, 15) is 4.79 Å². The van der Waals surface area contributed by atoms with Crippen LogP contribution >= 0.6 is 0 Å². The van der Waals surface area contributed by atoms with E-state index in [1.165, 1.54) is 5.56 Å². The molecule has 1 heterocycles. The minimum absolute atomic E-state index is 0.0779. The van der Waals surface area contributed by atoms with Gasteiger partial charge in [0.2, 0.25) is 5.91 Å². The number of para-hydroxylation sites is 2. The maximum absolute atomic E-state index is 12.3. The van der Waals surface area contributed by atoms with E-state index in [1.54, 1.807) is 7.11 Å². The van der Waals surface area contributed by atoms with Crippen molar-refractivity contribution in [1.29, 1.82) is 0 Å². The molecule has 1 N–H and O–H groups in total. The van der Waals surface area contributed by atoms with E-state index in [0.717, 1.165) is 55.4 Å². The summed E-state index contributed by atoms with van der Waals surface area (Å²) in [6.07, 6.45) is 0.516. The second-order valence-electron chi connectivity index (χ2n) is 7.12. The number of piperazine rings is 1. The summed E-state index contributed by atoms with van der Waals surface area (Å²) in [6, 6.07) is 14.2. The van der Waals surface area contributed by atoms with E-state index in [4.69, 9.17) is 4.74 Å². The molecule has 1 fully saturated rings. The molecule has 0 aromatic heterocycles. The standard InChI is InChI=1S/C22H29N3O2/c1-17-8-9-19(18(2)16-17)23-22(26)10-11-24-12-14-25(15-13-24)20-6-4-5-7-21(20)27-3/h4-9,16H,10-15H2,1-3H3,(H,23,26). The number of carbonyl (C=O) groups excluding carboxylic acids is 1. The molecular formula is C22H29N3O2. The monoisotopic (exact) mass is 367 g/mol. The molecule has 0 unspecified atom stereocenters. The average Bonchev–Trinajstić information content (AvgIpc) is 2.69. The molecule has 0 saturated carbocycles. The van der Waals surface area contributed by atoms with Crippen LogP contribution in [0, 0.1) is 13.8 Å². The summed E-state index contributed by atoms with van der Waals surface area (Å²) in [5.41, 5.74) is 4.37. The first-order valence-electron chi connectivity index (χ1n) is 9.54. The number of methoxy groups -OCH3 is 1. The molecule has 0 spiro atoms. The Bertz CT molecular complexity index is 783. The lowest BCUT2D eigenvalue weighted by Crippen LogP contribution is -2.47. The van der Waals surface area contributed by atoms with Crippen molar-refractivity contribution in [2.75, 3.05) is 50.1 Å². The fourth-order valence-electron chi connectivity index (χ4n) is 3.53. The van der Waals surface area contributed by atoms with Gasteiger partial charge < -0.3 is 15.0 Å². The van der Waals surface area contributed by atoms with Crippen molar-refractivity contribution in [2.45, 2.75) is 20.3 Å². The van der Waals surface area contributed by atoms with Crippen LogP contribution in [0.4, 0.5) is 11.4 Å². The van der Waals surface area contributed by atoms with Gasteiger partial charge in [-0.2, -0.15) is 0 Å². The van der Waals surface area contributed by atoms with Gasteiger partial charge in [-0.25, -0.2) is 0 Å². The highest BCUT2D eigenvalue weighted by molar-refractivity contribution is 5.91.